The Morgan fingerprint density at radius 2 is 2.13 bits per heavy atom. The molecule has 1 N–H and O–H groups in total. The first-order chi connectivity index (χ1) is 10.7. The maximum atomic E-state index is 13.6. The van der Waals surface area contributed by atoms with Crippen LogP contribution < -0.4 is 5.32 Å². The minimum absolute atomic E-state index is 0.279. The summed E-state index contributed by atoms with van der Waals surface area (Å²) >= 11 is 0. The predicted octanol–water partition coefficient (Wildman–Crippen LogP) is 4.10. The molecule has 6 heteroatoms. The van der Waals surface area contributed by atoms with Crippen LogP contribution in [0.2, 0.25) is 0 Å². The van der Waals surface area contributed by atoms with Crippen molar-refractivity contribution in [2.24, 2.45) is 0 Å². The molecule has 0 radical (unpaired) electrons. The minimum Gasteiger partial charge on any atom is -0.444 e. The number of halogens is 1. The van der Waals surface area contributed by atoms with Crippen molar-refractivity contribution in [3.8, 4) is 0 Å². The number of rotatable bonds is 3. The summed E-state index contributed by atoms with van der Waals surface area (Å²) < 4.78 is 20.9. The summed E-state index contributed by atoms with van der Waals surface area (Å²) in [5.74, 6) is 0.456. The van der Waals surface area contributed by atoms with Crippen LogP contribution in [-0.4, -0.2) is 21.2 Å². The van der Waals surface area contributed by atoms with Crippen LogP contribution >= 0.6 is 0 Å². The molecule has 0 unspecified atom stereocenters. The van der Waals surface area contributed by atoms with Gasteiger partial charge in [-0.2, -0.15) is 0 Å². The fourth-order valence-electron chi connectivity index (χ4n) is 2.66. The zero-order valence-corrected chi connectivity index (χ0v) is 13.9. The van der Waals surface area contributed by atoms with E-state index in [0.29, 0.717) is 6.04 Å². The van der Waals surface area contributed by atoms with Crippen LogP contribution in [0.1, 0.15) is 58.4 Å². The zero-order chi connectivity index (χ0) is 16.8. The fourth-order valence-corrected chi connectivity index (χ4v) is 2.66. The van der Waals surface area contributed by atoms with Crippen molar-refractivity contribution < 1.29 is 13.9 Å². The average molecular weight is 319 g/mol. The smallest absolute Gasteiger partial charge is 0.408 e. The Labute approximate surface area is 134 Å². The molecule has 1 aromatic heterocycles. The molecular formula is C17H22FN3O2. The number of ether oxygens (including phenoxy) is 1. The second-order valence-corrected chi connectivity index (χ2v) is 7.07. The van der Waals surface area contributed by atoms with Gasteiger partial charge in [0.1, 0.15) is 17.2 Å². The van der Waals surface area contributed by atoms with Crippen molar-refractivity contribution in [1.82, 2.24) is 14.9 Å². The summed E-state index contributed by atoms with van der Waals surface area (Å²) in [5.41, 5.74) is 0.968. The third kappa shape index (κ3) is 3.46. The third-order valence-corrected chi connectivity index (χ3v) is 3.71. The highest BCUT2D eigenvalue weighted by Gasteiger charge is 2.31. The summed E-state index contributed by atoms with van der Waals surface area (Å²) in [7, 11) is 0. The molecule has 0 spiro atoms. The second-order valence-electron chi connectivity index (χ2n) is 7.07. The first kappa shape index (κ1) is 15.8. The molecule has 1 aromatic carbocycles. The van der Waals surface area contributed by atoms with Gasteiger partial charge in [0, 0.05) is 6.04 Å². The molecular weight excluding hydrogens is 297 g/mol. The van der Waals surface area contributed by atoms with E-state index in [1.807, 2.05) is 32.3 Å². The molecule has 1 amide bonds. The number of nitrogens with zero attached hydrogens (tertiary/aromatic N) is 2. The van der Waals surface area contributed by atoms with Crippen LogP contribution in [0.15, 0.2) is 18.2 Å². The highest BCUT2D eigenvalue weighted by molar-refractivity contribution is 5.77. The Hall–Kier alpha value is -2.11. The van der Waals surface area contributed by atoms with Crippen LogP contribution in [0.3, 0.4) is 0 Å². The van der Waals surface area contributed by atoms with E-state index in [0.717, 1.165) is 29.7 Å². The van der Waals surface area contributed by atoms with Crippen LogP contribution in [0, 0.1) is 5.82 Å². The number of imidazole rings is 1. The van der Waals surface area contributed by atoms with Crippen molar-refractivity contribution in [3.63, 3.8) is 0 Å². The first-order valence-electron chi connectivity index (χ1n) is 7.91. The quantitative estimate of drug-likeness (QED) is 0.927. The first-order valence-corrected chi connectivity index (χ1v) is 7.91. The van der Waals surface area contributed by atoms with Gasteiger partial charge in [-0.3, -0.25) is 0 Å². The standard InChI is InChI=1S/C17H22FN3O2/c1-10(19-16(22)23-17(2,3)4)15-20-13-8-5-11(18)9-14(13)21(15)12-6-7-12/h5,8-10,12H,6-7H2,1-4H3,(H,19,22)/t10-/m0/s1. The molecule has 1 aliphatic rings. The van der Waals surface area contributed by atoms with Gasteiger partial charge in [0.15, 0.2) is 0 Å². The molecule has 1 aliphatic carbocycles. The van der Waals surface area contributed by atoms with E-state index in [-0.39, 0.29) is 11.9 Å². The molecule has 1 heterocycles. The Balaban J connectivity index is 1.89. The fraction of sp³-hybridized carbons (Fsp3) is 0.529. The van der Waals surface area contributed by atoms with E-state index in [4.69, 9.17) is 4.74 Å². The monoisotopic (exact) mass is 319 g/mol. The summed E-state index contributed by atoms with van der Waals surface area (Å²) in [4.78, 5) is 16.6. The number of hydrogen-bond acceptors (Lipinski definition) is 3. The summed E-state index contributed by atoms with van der Waals surface area (Å²) in [6.45, 7) is 7.32. The molecule has 2 aromatic rings. The maximum Gasteiger partial charge on any atom is 0.408 e. The van der Waals surface area contributed by atoms with Crippen molar-refractivity contribution in [2.45, 2.75) is 58.2 Å². The largest absolute Gasteiger partial charge is 0.444 e. The minimum atomic E-state index is -0.552. The van der Waals surface area contributed by atoms with Crippen molar-refractivity contribution in [1.29, 1.82) is 0 Å². The Morgan fingerprint density at radius 1 is 1.43 bits per heavy atom. The zero-order valence-electron chi connectivity index (χ0n) is 13.9. The molecule has 0 saturated heterocycles. The van der Waals surface area contributed by atoms with Crippen molar-refractivity contribution in [3.05, 3.63) is 29.8 Å². The van der Waals surface area contributed by atoms with Gasteiger partial charge in [0.05, 0.1) is 17.1 Å². The molecule has 23 heavy (non-hydrogen) atoms. The summed E-state index contributed by atoms with van der Waals surface area (Å²) in [5, 5.41) is 2.81. The Bertz CT molecular complexity index is 744. The highest BCUT2D eigenvalue weighted by atomic mass is 19.1. The molecule has 0 aliphatic heterocycles. The number of carbonyl (C=O) groups is 1. The number of benzene rings is 1. The van der Waals surface area contributed by atoms with E-state index >= 15 is 0 Å². The molecule has 1 fully saturated rings. The van der Waals surface area contributed by atoms with Gasteiger partial charge in [-0.25, -0.2) is 14.2 Å². The highest BCUT2D eigenvalue weighted by Crippen LogP contribution is 2.40. The number of nitrogens with one attached hydrogen (secondary N) is 1. The lowest BCUT2D eigenvalue weighted by atomic mass is 10.2. The third-order valence-electron chi connectivity index (χ3n) is 3.71. The van der Waals surface area contributed by atoms with Crippen LogP contribution in [0.5, 0.6) is 0 Å². The number of amides is 1. The van der Waals surface area contributed by atoms with Crippen LogP contribution in [-0.2, 0) is 4.74 Å². The number of alkyl carbamates (subject to hydrolysis) is 1. The van der Waals surface area contributed by atoms with Gasteiger partial charge in [-0.05, 0) is 58.7 Å². The summed E-state index contributed by atoms with van der Waals surface area (Å²) in [6, 6.07) is 4.60. The van der Waals surface area contributed by atoms with E-state index in [2.05, 4.69) is 10.3 Å². The van der Waals surface area contributed by atoms with Crippen molar-refractivity contribution in [2.75, 3.05) is 0 Å². The predicted molar refractivity (Wildman–Crippen MR) is 85.7 cm³/mol. The lowest BCUT2D eigenvalue weighted by Gasteiger charge is -2.22. The molecule has 1 saturated carbocycles. The molecule has 0 bridgehead atoms. The lowest BCUT2D eigenvalue weighted by Crippen LogP contribution is -2.34. The number of hydrogen-bond donors (Lipinski definition) is 1. The number of fused-ring (bicyclic) bond motifs is 1. The molecule has 124 valence electrons. The van der Waals surface area contributed by atoms with Crippen LogP contribution in [0.4, 0.5) is 9.18 Å². The molecule has 3 rings (SSSR count). The van der Waals surface area contributed by atoms with Gasteiger partial charge in [0.2, 0.25) is 0 Å². The van der Waals surface area contributed by atoms with E-state index < -0.39 is 11.7 Å². The normalized spacial score (nSPS) is 16.4. The average Bonchev–Trinajstić information content (AvgIpc) is 3.17. The van der Waals surface area contributed by atoms with Gasteiger partial charge in [0.25, 0.3) is 0 Å². The van der Waals surface area contributed by atoms with E-state index in [9.17, 15) is 9.18 Å². The van der Waals surface area contributed by atoms with Gasteiger partial charge in [-0.1, -0.05) is 0 Å². The van der Waals surface area contributed by atoms with E-state index in [1.165, 1.54) is 12.1 Å². The lowest BCUT2D eigenvalue weighted by molar-refractivity contribution is 0.0505. The van der Waals surface area contributed by atoms with E-state index in [1.54, 1.807) is 6.07 Å². The Kier molecular flexibility index (Phi) is 3.78. The Morgan fingerprint density at radius 3 is 2.74 bits per heavy atom. The van der Waals surface area contributed by atoms with Gasteiger partial charge >= 0.3 is 6.09 Å². The van der Waals surface area contributed by atoms with Crippen LogP contribution in [0.25, 0.3) is 11.0 Å². The number of carbonyl (C=O) groups excluding carboxylic acids is 1. The van der Waals surface area contributed by atoms with Gasteiger partial charge < -0.3 is 14.6 Å². The van der Waals surface area contributed by atoms with Crippen molar-refractivity contribution >= 4 is 17.1 Å². The SMILES string of the molecule is C[C@H](NC(=O)OC(C)(C)C)c1nc2ccc(F)cc2n1C1CC1. The maximum absolute atomic E-state index is 13.6. The molecule has 1 atom stereocenters. The number of aromatic nitrogens is 2. The topological polar surface area (TPSA) is 56.1 Å². The molecule has 5 nitrogen and oxygen atoms in total. The second kappa shape index (κ2) is 5.51. The van der Waals surface area contributed by atoms with Gasteiger partial charge in [-0.15, -0.1) is 0 Å². The summed E-state index contributed by atoms with van der Waals surface area (Å²) in [6.07, 6.45) is 1.62.